The van der Waals surface area contributed by atoms with Crippen molar-refractivity contribution in [2.24, 2.45) is 11.1 Å². The lowest BCUT2D eigenvalue weighted by molar-refractivity contribution is -0.106. The Labute approximate surface area is 123 Å². The predicted molar refractivity (Wildman–Crippen MR) is 84.2 cm³/mol. The van der Waals surface area contributed by atoms with Crippen LogP contribution in [0.25, 0.3) is 0 Å². The number of allylic oxidation sites excluding steroid dienone is 1. The van der Waals surface area contributed by atoms with E-state index in [1.165, 1.54) is 51.7 Å². The summed E-state index contributed by atoms with van der Waals surface area (Å²) in [4.78, 5) is 11.1. The fourth-order valence-corrected chi connectivity index (χ4v) is 3.35. The van der Waals surface area contributed by atoms with Crippen LogP contribution in [0.2, 0.25) is 0 Å². The van der Waals surface area contributed by atoms with Crippen molar-refractivity contribution >= 4 is 6.41 Å². The predicted octanol–water partition coefficient (Wildman–Crippen LogP) is 2.26. The number of hydrogen-bond donors (Lipinski definition) is 2. The highest BCUT2D eigenvalue weighted by atomic mass is 16.1. The number of amides is 1. The first kappa shape index (κ1) is 17.0. The highest BCUT2D eigenvalue weighted by molar-refractivity contribution is 5.42. The SMILES string of the molecule is CCCC(C)(C)N1C=CC2(CCNCC2)CC1.NC=O. The largest absolute Gasteiger partial charge is 0.373 e. The zero-order chi connectivity index (χ0) is 15.1. The lowest BCUT2D eigenvalue weighted by Crippen LogP contribution is -2.46. The van der Waals surface area contributed by atoms with E-state index in [0.29, 0.717) is 11.0 Å². The van der Waals surface area contributed by atoms with E-state index < -0.39 is 0 Å². The highest BCUT2D eigenvalue weighted by Gasteiger charge is 2.34. The van der Waals surface area contributed by atoms with Gasteiger partial charge in [0.05, 0.1) is 0 Å². The van der Waals surface area contributed by atoms with Gasteiger partial charge in [-0.1, -0.05) is 19.4 Å². The Kier molecular flexibility index (Phi) is 6.53. The maximum Gasteiger partial charge on any atom is 0.204 e. The van der Waals surface area contributed by atoms with E-state index in [1.54, 1.807) is 0 Å². The molecule has 2 rings (SSSR count). The van der Waals surface area contributed by atoms with Crippen molar-refractivity contribution in [3.63, 3.8) is 0 Å². The minimum Gasteiger partial charge on any atom is -0.373 e. The van der Waals surface area contributed by atoms with Crippen LogP contribution in [0.3, 0.4) is 0 Å². The van der Waals surface area contributed by atoms with Gasteiger partial charge in [-0.3, -0.25) is 4.79 Å². The Hall–Kier alpha value is -1.03. The van der Waals surface area contributed by atoms with Crippen molar-refractivity contribution in [2.75, 3.05) is 19.6 Å². The molecule has 1 amide bonds. The Morgan fingerprint density at radius 1 is 1.35 bits per heavy atom. The molecule has 4 nitrogen and oxygen atoms in total. The first-order chi connectivity index (χ1) is 9.49. The molecule has 2 aliphatic heterocycles. The van der Waals surface area contributed by atoms with Gasteiger partial charge in [-0.2, -0.15) is 0 Å². The van der Waals surface area contributed by atoms with E-state index in [1.807, 2.05) is 0 Å². The monoisotopic (exact) mass is 281 g/mol. The van der Waals surface area contributed by atoms with Gasteiger partial charge in [0.15, 0.2) is 0 Å². The zero-order valence-electron chi connectivity index (χ0n) is 13.3. The van der Waals surface area contributed by atoms with Crippen LogP contribution in [0.4, 0.5) is 0 Å². The Balaban J connectivity index is 0.000000612. The fourth-order valence-electron chi connectivity index (χ4n) is 3.35. The second-order valence-electron chi connectivity index (χ2n) is 6.57. The van der Waals surface area contributed by atoms with Crippen molar-refractivity contribution in [1.82, 2.24) is 10.2 Å². The standard InChI is InChI=1S/C15H28N2.CH3NO/c1-4-5-14(2,3)17-12-8-15(9-13-17)6-10-16-11-7-15;2-1-3/h8,12,16H,4-7,9-11,13H2,1-3H3;1H,(H2,2,3). The molecule has 4 heteroatoms. The number of nitrogens with one attached hydrogen (secondary N) is 1. The number of carbonyl (C=O) groups is 1. The van der Waals surface area contributed by atoms with Gasteiger partial charge in [-0.15, -0.1) is 0 Å². The van der Waals surface area contributed by atoms with Gasteiger partial charge >= 0.3 is 0 Å². The van der Waals surface area contributed by atoms with Crippen LogP contribution in [-0.2, 0) is 4.79 Å². The summed E-state index contributed by atoms with van der Waals surface area (Å²) in [6.07, 6.45) is 11.7. The topological polar surface area (TPSA) is 58.4 Å². The molecule has 2 aliphatic rings. The molecule has 3 N–H and O–H groups in total. The molecule has 0 unspecified atom stereocenters. The average Bonchev–Trinajstić information content (AvgIpc) is 2.41. The van der Waals surface area contributed by atoms with Gasteiger partial charge in [0.2, 0.25) is 6.41 Å². The molecule has 1 fully saturated rings. The molecular formula is C16H31N3O. The molecular weight excluding hydrogens is 250 g/mol. The molecule has 0 aromatic heterocycles. The molecule has 0 atom stereocenters. The minimum atomic E-state index is 0.250. The molecule has 2 heterocycles. The minimum absolute atomic E-state index is 0.250. The highest BCUT2D eigenvalue weighted by Crippen LogP contribution is 2.39. The van der Waals surface area contributed by atoms with Crippen LogP contribution in [0.5, 0.6) is 0 Å². The van der Waals surface area contributed by atoms with Gasteiger partial charge in [-0.05, 0) is 64.2 Å². The Morgan fingerprint density at radius 2 is 1.95 bits per heavy atom. The smallest absolute Gasteiger partial charge is 0.204 e. The maximum absolute atomic E-state index is 8.58. The van der Waals surface area contributed by atoms with E-state index >= 15 is 0 Å². The quantitative estimate of drug-likeness (QED) is 0.780. The lowest BCUT2D eigenvalue weighted by atomic mass is 9.74. The van der Waals surface area contributed by atoms with Crippen LogP contribution in [0.15, 0.2) is 12.3 Å². The molecule has 116 valence electrons. The summed E-state index contributed by atoms with van der Waals surface area (Å²) in [6, 6.07) is 0. The van der Waals surface area contributed by atoms with E-state index in [9.17, 15) is 0 Å². The maximum atomic E-state index is 8.58. The van der Waals surface area contributed by atoms with Gasteiger partial charge in [-0.25, -0.2) is 0 Å². The number of hydrogen-bond acceptors (Lipinski definition) is 3. The van der Waals surface area contributed by atoms with Crippen LogP contribution in [0, 0.1) is 5.41 Å². The molecule has 1 spiro atoms. The summed E-state index contributed by atoms with van der Waals surface area (Å²) in [7, 11) is 0. The van der Waals surface area contributed by atoms with E-state index in [-0.39, 0.29) is 6.41 Å². The van der Waals surface area contributed by atoms with Crippen LogP contribution in [-0.4, -0.2) is 36.5 Å². The normalized spacial score (nSPS) is 21.2. The Morgan fingerprint density at radius 3 is 2.40 bits per heavy atom. The molecule has 0 bridgehead atoms. The zero-order valence-corrected chi connectivity index (χ0v) is 13.3. The number of primary amides is 1. The summed E-state index contributed by atoms with van der Waals surface area (Å²) >= 11 is 0. The molecule has 1 saturated heterocycles. The van der Waals surface area contributed by atoms with Crippen molar-refractivity contribution in [3.05, 3.63) is 12.3 Å². The molecule has 0 radical (unpaired) electrons. The van der Waals surface area contributed by atoms with Gasteiger partial charge in [0, 0.05) is 12.1 Å². The van der Waals surface area contributed by atoms with E-state index in [0.717, 1.165) is 0 Å². The van der Waals surface area contributed by atoms with Crippen molar-refractivity contribution in [2.45, 2.75) is 58.4 Å². The van der Waals surface area contributed by atoms with Crippen molar-refractivity contribution in [1.29, 1.82) is 0 Å². The second-order valence-corrected chi connectivity index (χ2v) is 6.57. The summed E-state index contributed by atoms with van der Waals surface area (Å²) in [5.74, 6) is 0. The van der Waals surface area contributed by atoms with Crippen LogP contribution >= 0.6 is 0 Å². The molecule has 0 saturated carbocycles. The third-order valence-corrected chi connectivity index (χ3v) is 4.70. The first-order valence-corrected chi connectivity index (χ1v) is 7.82. The third-order valence-electron chi connectivity index (χ3n) is 4.70. The molecule has 20 heavy (non-hydrogen) atoms. The van der Waals surface area contributed by atoms with E-state index in [2.05, 4.69) is 49.0 Å². The van der Waals surface area contributed by atoms with Crippen LogP contribution in [0.1, 0.15) is 52.9 Å². The van der Waals surface area contributed by atoms with Gasteiger partial charge < -0.3 is 16.0 Å². The summed E-state index contributed by atoms with van der Waals surface area (Å²) < 4.78 is 0. The Bertz CT molecular complexity index is 320. The summed E-state index contributed by atoms with van der Waals surface area (Å²) in [5.41, 5.74) is 5.02. The summed E-state index contributed by atoms with van der Waals surface area (Å²) in [5, 5.41) is 3.47. The molecule has 0 aromatic rings. The number of carbonyl (C=O) groups excluding carboxylic acids is 1. The first-order valence-electron chi connectivity index (χ1n) is 7.82. The lowest BCUT2D eigenvalue weighted by Gasteiger charge is -2.46. The summed E-state index contributed by atoms with van der Waals surface area (Å²) in [6.45, 7) is 10.7. The number of nitrogens with zero attached hydrogens (tertiary/aromatic N) is 1. The van der Waals surface area contributed by atoms with Crippen molar-refractivity contribution < 1.29 is 4.79 Å². The van der Waals surface area contributed by atoms with Gasteiger partial charge in [0.25, 0.3) is 0 Å². The van der Waals surface area contributed by atoms with Crippen molar-refractivity contribution in [3.8, 4) is 0 Å². The van der Waals surface area contributed by atoms with E-state index in [4.69, 9.17) is 4.79 Å². The molecule has 0 aliphatic carbocycles. The second kappa shape index (κ2) is 7.67. The fraction of sp³-hybridized carbons (Fsp3) is 0.812. The third kappa shape index (κ3) is 4.51. The van der Waals surface area contributed by atoms with Crippen LogP contribution < -0.4 is 11.1 Å². The number of rotatable bonds is 3. The van der Waals surface area contributed by atoms with Gasteiger partial charge in [0.1, 0.15) is 0 Å². The number of nitrogens with two attached hydrogens (primary N) is 1. The average molecular weight is 281 g/mol. The molecule has 0 aromatic carbocycles. The number of piperidine rings is 1.